The molecule has 0 spiro atoms. The largest absolute Gasteiger partial charge is 0.490 e. The lowest BCUT2D eigenvalue weighted by atomic mass is 10.2. The molecule has 2 heterocycles. The molecule has 0 bridgehead atoms. The van der Waals surface area contributed by atoms with Gasteiger partial charge in [-0.05, 0) is 83.9 Å². The molecule has 0 aliphatic carbocycles. The first-order valence-electron chi connectivity index (χ1n) is 12.4. The molecular weight excluding hydrogens is 646 g/mol. The van der Waals surface area contributed by atoms with Gasteiger partial charge in [0.2, 0.25) is 5.82 Å². The molecule has 40 heavy (non-hydrogen) atoms. The molecule has 0 unspecified atom stereocenters. The lowest BCUT2D eigenvalue weighted by Gasteiger charge is -2.14. The zero-order valence-electron chi connectivity index (χ0n) is 21.5. The highest BCUT2D eigenvalue weighted by atomic mass is 79.9. The second-order valence-corrected chi connectivity index (χ2v) is 10.2. The molecule has 0 amide bonds. The van der Waals surface area contributed by atoms with Crippen LogP contribution in [-0.4, -0.2) is 41.7 Å². The summed E-state index contributed by atoms with van der Waals surface area (Å²) in [5, 5.41) is 5.79. The number of ether oxygens (including phenoxy) is 3. The monoisotopic (exact) mass is 667 g/mol. The number of hydrogen-bond donors (Lipinski definition) is 0. The summed E-state index contributed by atoms with van der Waals surface area (Å²) in [5.74, 6) is 0.911. The van der Waals surface area contributed by atoms with Crippen molar-refractivity contribution >= 4 is 65.9 Å². The predicted octanol–water partition coefficient (Wildman–Crippen LogP) is 6.56. The number of carbonyl (C=O) groups is 1. The van der Waals surface area contributed by atoms with E-state index >= 15 is 0 Å². The van der Waals surface area contributed by atoms with Gasteiger partial charge in [-0.25, -0.2) is 9.78 Å². The van der Waals surface area contributed by atoms with Gasteiger partial charge in [-0.1, -0.05) is 28.1 Å². The molecule has 0 saturated carbocycles. The number of esters is 1. The first-order chi connectivity index (χ1) is 19.4. The van der Waals surface area contributed by atoms with Crippen molar-refractivity contribution in [3.63, 3.8) is 0 Å². The Morgan fingerprint density at radius 2 is 1.88 bits per heavy atom. The minimum absolute atomic E-state index is 0.255. The number of hydrogen-bond acceptors (Lipinski definition) is 8. The van der Waals surface area contributed by atoms with Crippen LogP contribution in [0, 0.1) is 0 Å². The van der Waals surface area contributed by atoms with Gasteiger partial charge < -0.3 is 18.6 Å². The number of aromatic nitrogens is 2. The van der Waals surface area contributed by atoms with Crippen molar-refractivity contribution in [2.75, 3.05) is 19.8 Å². The maximum absolute atomic E-state index is 13.6. The first-order valence-corrected chi connectivity index (χ1v) is 14.0. The molecule has 11 heteroatoms. The summed E-state index contributed by atoms with van der Waals surface area (Å²) in [6.45, 7) is 3.91. The smallest absolute Gasteiger partial charge is 0.344 e. The van der Waals surface area contributed by atoms with Crippen LogP contribution in [-0.2, 0) is 9.53 Å². The molecule has 0 saturated heterocycles. The second-order valence-electron chi connectivity index (χ2n) is 8.46. The Hall–Kier alpha value is -3.96. The van der Waals surface area contributed by atoms with E-state index < -0.39 is 5.97 Å². The summed E-state index contributed by atoms with van der Waals surface area (Å²) in [4.78, 5) is 30.1. The lowest BCUT2D eigenvalue weighted by Crippen LogP contribution is -2.20. The topological polar surface area (TPSA) is 105 Å². The number of furan rings is 1. The van der Waals surface area contributed by atoms with Crippen molar-refractivity contribution in [3.05, 3.63) is 85.5 Å². The van der Waals surface area contributed by atoms with Gasteiger partial charge in [0.15, 0.2) is 23.9 Å². The molecule has 3 aromatic carbocycles. The number of fused-ring (bicyclic) bond motifs is 2. The zero-order chi connectivity index (χ0) is 28.2. The van der Waals surface area contributed by atoms with Crippen molar-refractivity contribution in [2.24, 2.45) is 5.10 Å². The molecule has 5 aromatic rings. The van der Waals surface area contributed by atoms with E-state index in [1.165, 1.54) is 10.9 Å². The Labute approximate surface area is 245 Å². The van der Waals surface area contributed by atoms with Gasteiger partial charge in [0, 0.05) is 9.86 Å². The molecule has 204 valence electrons. The van der Waals surface area contributed by atoms with Crippen molar-refractivity contribution in [3.8, 4) is 23.1 Å². The summed E-state index contributed by atoms with van der Waals surface area (Å²) in [5.41, 5.74) is 1.44. The number of rotatable bonds is 9. The number of halogens is 2. The average Bonchev–Trinajstić information content (AvgIpc) is 3.35. The van der Waals surface area contributed by atoms with E-state index in [2.05, 4.69) is 37.0 Å². The third-order valence-electron chi connectivity index (χ3n) is 5.75. The molecule has 5 rings (SSSR count). The van der Waals surface area contributed by atoms with E-state index in [0.717, 1.165) is 9.86 Å². The molecule has 0 aliphatic heterocycles. The predicted molar refractivity (Wildman–Crippen MR) is 159 cm³/mol. The van der Waals surface area contributed by atoms with Crippen LogP contribution in [0.15, 0.2) is 83.9 Å². The Morgan fingerprint density at radius 3 is 2.67 bits per heavy atom. The standard InChI is InChI=1S/C29H23Br2N3O6/c1-3-37-24-12-17(11-21(31)27(24)39-16-26(35)38-4-2)15-32-34-28(33-22-8-6-5-7-20(22)29(34)36)25-14-18-13-19(30)9-10-23(18)40-25/h5-15H,3-4,16H2,1-2H3. The molecule has 0 fully saturated rings. The maximum atomic E-state index is 13.6. The fourth-order valence-electron chi connectivity index (χ4n) is 4.04. The van der Waals surface area contributed by atoms with Gasteiger partial charge in [-0.2, -0.15) is 9.78 Å². The van der Waals surface area contributed by atoms with Crippen LogP contribution in [0.5, 0.6) is 11.5 Å². The Morgan fingerprint density at radius 1 is 1.05 bits per heavy atom. The highest BCUT2D eigenvalue weighted by molar-refractivity contribution is 9.10. The lowest BCUT2D eigenvalue weighted by molar-refractivity contribution is -0.145. The quantitative estimate of drug-likeness (QED) is 0.129. The number of carbonyl (C=O) groups excluding carboxylic acids is 1. The zero-order valence-corrected chi connectivity index (χ0v) is 24.7. The molecule has 0 atom stereocenters. The Kier molecular flexibility index (Phi) is 8.32. The summed E-state index contributed by atoms with van der Waals surface area (Å²) >= 11 is 6.97. The van der Waals surface area contributed by atoms with E-state index in [9.17, 15) is 9.59 Å². The fraction of sp³-hybridized carbons (Fsp3) is 0.172. The molecular formula is C29H23Br2N3O6. The normalized spacial score (nSPS) is 11.4. The van der Waals surface area contributed by atoms with Crippen LogP contribution in [0.1, 0.15) is 19.4 Å². The van der Waals surface area contributed by atoms with E-state index in [1.807, 2.05) is 37.3 Å². The minimum atomic E-state index is -0.490. The van der Waals surface area contributed by atoms with Crippen LogP contribution >= 0.6 is 31.9 Å². The molecule has 9 nitrogen and oxygen atoms in total. The maximum Gasteiger partial charge on any atom is 0.344 e. The summed E-state index contributed by atoms with van der Waals surface area (Å²) in [7, 11) is 0. The van der Waals surface area contributed by atoms with Crippen molar-refractivity contribution in [2.45, 2.75) is 13.8 Å². The first kappa shape index (κ1) is 27.6. The van der Waals surface area contributed by atoms with Crippen LogP contribution in [0.3, 0.4) is 0 Å². The van der Waals surface area contributed by atoms with E-state index in [-0.39, 0.29) is 24.6 Å². The van der Waals surface area contributed by atoms with Crippen LogP contribution < -0.4 is 15.0 Å². The number of para-hydroxylation sites is 1. The highest BCUT2D eigenvalue weighted by Gasteiger charge is 2.18. The van der Waals surface area contributed by atoms with Gasteiger partial charge in [0.1, 0.15) is 5.58 Å². The van der Waals surface area contributed by atoms with E-state index in [4.69, 9.17) is 23.6 Å². The van der Waals surface area contributed by atoms with Gasteiger partial charge in [0.25, 0.3) is 5.56 Å². The van der Waals surface area contributed by atoms with Crippen molar-refractivity contribution in [1.29, 1.82) is 0 Å². The van der Waals surface area contributed by atoms with Crippen LogP contribution in [0.25, 0.3) is 33.5 Å². The highest BCUT2D eigenvalue weighted by Crippen LogP contribution is 2.37. The van der Waals surface area contributed by atoms with Crippen molar-refractivity contribution in [1.82, 2.24) is 9.66 Å². The third kappa shape index (κ3) is 5.80. The average molecular weight is 669 g/mol. The minimum Gasteiger partial charge on any atom is -0.490 e. The summed E-state index contributed by atoms with van der Waals surface area (Å²) in [6, 6.07) is 18.0. The fourth-order valence-corrected chi connectivity index (χ4v) is 4.99. The van der Waals surface area contributed by atoms with Gasteiger partial charge in [-0.3, -0.25) is 4.79 Å². The van der Waals surface area contributed by atoms with Gasteiger partial charge in [-0.15, -0.1) is 0 Å². The van der Waals surface area contributed by atoms with Gasteiger partial charge >= 0.3 is 5.97 Å². The third-order valence-corrected chi connectivity index (χ3v) is 6.83. The molecule has 2 aromatic heterocycles. The Bertz CT molecular complexity index is 1810. The Balaban J connectivity index is 1.58. The molecule has 0 aliphatic rings. The van der Waals surface area contributed by atoms with Crippen LogP contribution in [0.2, 0.25) is 0 Å². The number of nitrogens with zero attached hydrogens (tertiary/aromatic N) is 3. The summed E-state index contributed by atoms with van der Waals surface area (Å²) < 4.78 is 25.1. The molecule has 0 N–H and O–H groups in total. The second kappa shape index (κ2) is 12.1. The SMILES string of the molecule is CCOC(=O)COc1c(Br)cc(C=Nn2c(-c3cc4cc(Br)ccc4o3)nc3ccccc3c2=O)cc1OCC. The van der Waals surface area contributed by atoms with Gasteiger partial charge in [0.05, 0.1) is 34.8 Å². The summed E-state index contributed by atoms with van der Waals surface area (Å²) in [6.07, 6.45) is 1.52. The van der Waals surface area contributed by atoms with E-state index in [1.54, 1.807) is 37.3 Å². The number of benzene rings is 3. The van der Waals surface area contributed by atoms with Crippen LogP contribution in [0.4, 0.5) is 0 Å². The van der Waals surface area contributed by atoms with E-state index in [0.29, 0.717) is 50.4 Å². The molecule has 0 radical (unpaired) electrons. The van der Waals surface area contributed by atoms with Crippen molar-refractivity contribution < 1.29 is 23.4 Å².